The molecule has 1 aliphatic rings. The predicted molar refractivity (Wildman–Crippen MR) is 139 cm³/mol. The van der Waals surface area contributed by atoms with Gasteiger partial charge in [-0.3, -0.25) is 4.79 Å². The summed E-state index contributed by atoms with van der Waals surface area (Å²) in [5.41, 5.74) is 3.82. The summed E-state index contributed by atoms with van der Waals surface area (Å²) in [6.07, 6.45) is 1.85. The molecule has 1 saturated heterocycles. The number of nitrogens with one attached hydrogen (secondary N) is 1. The second kappa shape index (κ2) is 10.4. The maximum atomic E-state index is 12.8. The summed E-state index contributed by atoms with van der Waals surface area (Å²) >= 11 is 5.70. The average molecular weight is 482 g/mol. The Hall–Kier alpha value is -3.20. The van der Waals surface area contributed by atoms with Gasteiger partial charge in [-0.2, -0.15) is 0 Å². The minimum absolute atomic E-state index is 0.0193. The number of carbonyl (C=O) groups is 1. The van der Waals surface area contributed by atoms with Crippen LogP contribution in [0.25, 0.3) is 22.1 Å². The van der Waals surface area contributed by atoms with Crippen LogP contribution >= 0.6 is 12.2 Å². The molecule has 0 saturated carbocycles. The molecule has 2 aromatic carbocycles. The lowest BCUT2D eigenvalue weighted by molar-refractivity contribution is -0.136. The van der Waals surface area contributed by atoms with Crippen molar-refractivity contribution in [2.45, 2.75) is 26.7 Å². The minimum Gasteiger partial charge on any atom is -0.493 e. The van der Waals surface area contributed by atoms with Crippen LogP contribution in [0.2, 0.25) is 0 Å². The molecule has 0 aliphatic carbocycles. The highest BCUT2D eigenvalue weighted by molar-refractivity contribution is 7.80. The normalized spacial score (nSPS) is 15.9. The molecular weight excluding hydrogens is 450 g/mol. The van der Waals surface area contributed by atoms with Crippen LogP contribution in [0.4, 0.5) is 5.69 Å². The Labute approximate surface area is 205 Å². The van der Waals surface area contributed by atoms with Crippen molar-refractivity contribution in [1.82, 2.24) is 19.8 Å². The molecule has 3 aromatic rings. The highest BCUT2D eigenvalue weighted by atomic mass is 32.1. The fourth-order valence-corrected chi connectivity index (χ4v) is 4.72. The van der Waals surface area contributed by atoms with E-state index in [1.807, 2.05) is 49.1 Å². The summed E-state index contributed by atoms with van der Waals surface area (Å²) in [5, 5.41) is 3.95. The summed E-state index contributed by atoms with van der Waals surface area (Å²) in [6.45, 7) is 6.99. The lowest BCUT2D eigenvalue weighted by atomic mass is 9.96. The van der Waals surface area contributed by atoms with Crippen LogP contribution in [0.5, 0.6) is 11.5 Å². The monoisotopic (exact) mass is 481 g/mol. The first-order valence-corrected chi connectivity index (χ1v) is 12.1. The first kappa shape index (κ1) is 23.9. The number of anilines is 1. The number of benzene rings is 2. The van der Waals surface area contributed by atoms with Gasteiger partial charge in [0.2, 0.25) is 5.91 Å². The van der Waals surface area contributed by atoms with Crippen LogP contribution < -0.4 is 14.8 Å². The lowest BCUT2D eigenvalue weighted by Crippen LogP contribution is -2.47. The molecular formula is C25H31N5O3S. The molecule has 1 atom stereocenters. The van der Waals surface area contributed by atoms with E-state index < -0.39 is 0 Å². The molecule has 1 aromatic heterocycles. The van der Waals surface area contributed by atoms with Gasteiger partial charge in [0.05, 0.1) is 42.2 Å². The van der Waals surface area contributed by atoms with Crippen molar-refractivity contribution >= 4 is 51.0 Å². The maximum Gasteiger partial charge on any atom is 0.227 e. The van der Waals surface area contributed by atoms with Gasteiger partial charge in [-0.05, 0) is 57.1 Å². The molecule has 34 heavy (non-hydrogen) atoms. The molecule has 1 aliphatic heterocycles. The van der Waals surface area contributed by atoms with Gasteiger partial charge in [0.1, 0.15) is 0 Å². The molecule has 4 rings (SSSR count). The van der Waals surface area contributed by atoms with Gasteiger partial charge in [-0.25, -0.2) is 9.97 Å². The smallest absolute Gasteiger partial charge is 0.227 e. The zero-order valence-corrected chi connectivity index (χ0v) is 20.9. The Balaban J connectivity index is 1.52. The quantitative estimate of drug-likeness (QED) is 0.417. The van der Waals surface area contributed by atoms with Gasteiger partial charge in [0, 0.05) is 44.0 Å². The van der Waals surface area contributed by atoms with Crippen molar-refractivity contribution in [2.75, 3.05) is 45.7 Å². The molecule has 1 fully saturated rings. The SMILES string of the molecule is CCN(CC)C(=O)[C@@H]1CCCN(C(=S)Nc2ccc3nc4cc(OC)c(OC)cc4nc3c2)C1. The second-order valence-electron chi connectivity index (χ2n) is 8.35. The molecule has 180 valence electrons. The number of hydrogen-bond donors (Lipinski definition) is 1. The van der Waals surface area contributed by atoms with E-state index in [-0.39, 0.29) is 11.8 Å². The van der Waals surface area contributed by atoms with Gasteiger partial charge in [0.15, 0.2) is 16.6 Å². The van der Waals surface area contributed by atoms with E-state index in [0.717, 1.165) is 60.2 Å². The fourth-order valence-electron chi connectivity index (χ4n) is 4.44. The number of aromatic nitrogens is 2. The third-order valence-electron chi connectivity index (χ3n) is 6.32. The van der Waals surface area contributed by atoms with Crippen molar-refractivity contribution in [3.8, 4) is 11.5 Å². The largest absolute Gasteiger partial charge is 0.493 e. The fraction of sp³-hybridized carbons (Fsp3) is 0.440. The van der Waals surface area contributed by atoms with Gasteiger partial charge in [-0.1, -0.05) is 0 Å². The molecule has 0 radical (unpaired) electrons. The van der Waals surface area contributed by atoms with Crippen molar-refractivity contribution in [1.29, 1.82) is 0 Å². The second-order valence-corrected chi connectivity index (χ2v) is 8.74. The number of fused-ring (bicyclic) bond motifs is 2. The van der Waals surface area contributed by atoms with Crippen LogP contribution in [0.3, 0.4) is 0 Å². The molecule has 1 N–H and O–H groups in total. The minimum atomic E-state index is -0.0193. The standard InChI is InChI=1S/C25H31N5O3S/c1-5-29(6-2)24(31)16-8-7-11-30(15-16)25(34)26-17-9-10-18-19(12-17)28-21-14-23(33-4)22(32-3)13-20(21)27-18/h9-10,12-14,16H,5-8,11,15H2,1-4H3,(H,26,34)/t16-/m1/s1. The Kier molecular flexibility index (Phi) is 7.31. The molecule has 9 heteroatoms. The predicted octanol–water partition coefficient (Wildman–Crippen LogP) is 4.08. The third-order valence-corrected chi connectivity index (χ3v) is 6.68. The van der Waals surface area contributed by atoms with Crippen molar-refractivity contribution in [3.05, 3.63) is 30.3 Å². The Bertz CT molecular complexity index is 1210. The summed E-state index contributed by atoms with van der Waals surface area (Å²) in [4.78, 5) is 26.3. The maximum absolute atomic E-state index is 12.8. The molecule has 8 nitrogen and oxygen atoms in total. The molecule has 0 unspecified atom stereocenters. The number of likely N-dealkylation sites (tertiary alicyclic amines) is 1. The van der Waals surface area contributed by atoms with Crippen LogP contribution in [0.15, 0.2) is 30.3 Å². The van der Waals surface area contributed by atoms with Crippen molar-refractivity contribution < 1.29 is 14.3 Å². The van der Waals surface area contributed by atoms with E-state index in [2.05, 4.69) is 10.2 Å². The number of rotatable bonds is 6. The number of ether oxygens (including phenoxy) is 2. The van der Waals surface area contributed by atoms with E-state index in [0.29, 0.717) is 23.2 Å². The van der Waals surface area contributed by atoms with Crippen LogP contribution in [-0.4, -0.2) is 71.2 Å². The molecule has 0 bridgehead atoms. The Morgan fingerprint density at radius 2 is 1.68 bits per heavy atom. The highest BCUT2D eigenvalue weighted by Crippen LogP contribution is 2.32. The average Bonchev–Trinajstić information content (AvgIpc) is 2.87. The van der Waals surface area contributed by atoms with E-state index >= 15 is 0 Å². The van der Waals surface area contributed by atoms with Crippen LogP contribution in [0.1, 0.15) is 26.7 Å². The molecule has 2 heterocycles. The molecule has 1 amide bonds. The van der Waals surface area contributed by atoms with Gasteiger partial charge in [0.25, 0.3) is 0 Å². The number of methoxy groups -OCH3 is 2. The van der Waals surface area contributed by atoms with Crippen molar-refractivity contribution in [3.63, 3.8) is 0 Å². The van der Waals surface area contributed by atoms with Crippen LogP contribution in [-0.2, 0) is 4.79 Å². The summed E-state index contributed by atoms with van der Waals surface area (Å²) in [6, 6.07) is 9.46. The Morgan fingerprint density at radius 3 is 2.29 bits per heavy atom. The molecule has 0 spiro atoms. The van der Waals surface area contributed by atoms with Gasteiger partial charge >= 0.3 is 0 Å². The van der Waals surface area contributed by atoms with Crippen molar-refractivity contribution in [2.24, 2.45) is 5.92 Å². The zero-order valence-electron chi connectivity index (χ0n) is 20.1. The van der Waals surface area contributed by atoms with Gasteiger partial charge in [-0.15, -0.1) is 0 Å². The van der Waals surface area contributed by atoms with E-state index in [4.69, 9.17) is 31.7 Å². The van der Waals surface area contributed by atoms with Crippen LogP contribution in [0, 0.1) is 5.92 Å². The number of amides is 1. The van der Waals surface area contributed by atoms with Gasteiger partial charge < -0.3 is 24.6 Å². The summed E-state index contributed by atoms with van der Waals surface area (Å²) in [7, 11) is 3.20. The van der Waals surface area contributed by atoms with E-state index in [1.54, 1.807) is 14.2 Å². The first-order chi connectivity index (χ1) is 16.5. The lowest BCUT2D eigenvalue weighted by Gasteiger charge is -2.36. The van der Waals surface area contributed by atoms with E-state index in [1.165, 1.54) is 0 Å². The Morgan fingerprint density at radius 1 is 1.06 bits per heavy atom. The summed E-state index contributed by atoms with van der Waals surface area (Å²) < 4.78 is 10.8. The third kappa shape index (κ3) is 4.84. The topological polar surface area (TPSA) is 79.8 Å². The number of nitrogens with zero attached hydrogens (tertiary/aromatic N) is 4. The number of carbonyl (C=O) groups excluding carboxylic acids is 1. The highest BCUT2D eigenvalue weighted by Gasteiger charge is 2.29. The number of piperidine rings is 1. The number of hydrogen-bond acceptors (Lipinski definition) is 6. The van der Waals surface area contributed by atoms with E-state index in [9.17, 15) is 4.79 Å². The number of thiocarbonyl (C=S) groups is 1. The zero-order chi connectivity index (χ0) is 24.2. The summed E-state index contributed by atoms with van der Waals surface area (Å²) in [5.74, 6) is 1.43. The first-order valence-electron chi connectivity index (χ1n) is 11.7.